The molecule has 0 unspecified atom stereocenters. The first-order chi connectivity index (χ1) is 16.9. The Labute approximate surface area is 205 Å². The van der Waals surface area contributed by atoms with Crippen molar-refractivity contribution in [1.29, 1.82) is 0 Å². The molecule has 0 radical (unpaired) electrons. The number of carbonyl (C=O) groups excluding carboxylic acids is 2. The third kappa shape index (κ3) is 8.62. The van der Waals surface area contributed by atoms with Crippen LogP contribution in [0.15, 0.2) is 39.9 Å². The Kier molecular flexibility index (Phi) is 11.6. The van der Waals surface area contributed by atoms with E-state index in [2.05, 4.69) is 4.98 Å². The predicted molar refractivity (Wildman–Crippen MR) is 135 cm³/mol. The lowest BCUT2D eigenvalue weighted by Crippen LogP contribution is -2.43. The zero-order chi connectivity index (χ0) is 25.6. The molecule has 0 saturated carbocycles. The number of anilines is 2. The first-order valence-electron chi connectivity index (χ1n) is 12.1. The average Bonchev–Trinajstić information content (AvgIpc) is 2.84. The number of benzene rings is 1. The van der Waals surface area contributed by atoms with E-state index in [4.69, 9.17) is 15.2 Å². The number of para-hydroxylation sites is 1. The van der Waals surface area contributed by atoms with Gasteiger partial charge in [-0.15, -0.1) is 0 Å². The molecular weight excluding hydrogens is 452 g/mol. The number of H-pyrrole nitrogens is 1. The number of nitrogens with one attached hydrogen (secondary N) is 1. The fraction of sp³-hybridized carbons (Fsp3) is 0.520. The topological polar surface area (TPSA) is 137 Å². The zero-order valence-electron chi connectivity index (χ0n) is 20.6. The molecule has 1 amide bonds. The Morgan fingerprint density at radius 1 is 1.03 bits per heavy atom. The van der Waals surface area contributed by atoms with Crippen molar-refractivity contribution in [2.45, 2.75) is 65.3 Å². The van der Waals surface area contributed by atoms with Crippen LogP contribution in [-0.4, -0.2) is 41.2 Å². The van der Waals surface area contributed by atoms with Gasteiger partial charge in [-0.25, -0.2) is 4.79 Å². The predicted octanol–water partition coefficient (Wildman–Crippen LogP) is 2.84. The number of ether oxygens (including phenoxy) is 2. The Morgan fingerprint density at radius 2 is 1.74 bits per heavy atom. The van der Waals surface area contributed by atoms with Crippen LogP contribution in [0, 0.1) is 0 Å². The third-order valence-corrected chi connectivity index (χ3v) is 5.40. The minimum absolute atomic E-state index is 0.0681. The van der Waals surface area contributed by atoms with Gasteiger partial charge < -0.3 is 20.1 Å². The van der Waals surface area contributed by atoms with Crippen molar-refractivity contribution in [3.8, 4) is 5.75 Å². The van der Waals surface area contributed by atoms with Crippen LogP contribution >= 0.6 is 0 Å². The molecule has 3 N–H and O–H groups in total. The fourth-order valence-corrected chi connectivity index (χ4v) is 3.47. The number of esters is 1. The van der Waals surface area contributed by atoms with E-state index >= 15 is 0 Å². The van der Waals surface area contributed by atoms with Gasteiger partial charge in [-0.2, -0.15) is 0 Å². The molecule has 2 aromatic rings. The first kappa shape index (κ1) is 27.7. The molecule has 0 bridgehead atoms. The molecule has 35 heavy (non-hydrogen) atoms. The lowest BCUT2D eigenvalue weighted by atomic mass is 10.2. The summed E-state index contributed by atoms with van der Waals surface area (Å²) < 4.78 is 12.0. The second-order valence-corrected chi connectivity index (χ2v) is 8.18. The molecule has 192 valence electrons. The third-order valence-electron chi connectivity index (χ3n) is 5.40. The number of unbranched alkanes of at least 4 members (excludes halogenated alkanes) is 3. The van der Waals surface area contributed by atoms with Gasteiger partial charge in [0.2, 0.25) is 0 Å². The van der Waals surface area contributed by atoms with Crippen LogP contribution < -0.4 is 26.6 Å². The molecule has 0 fully saturated rings. The van der Waals surface area contributed by atoms with Crippen molar-refractivity contribution in [2.24, 2.45) is 0 Å². The van der Waals surface area contributed by atoms with Gasteiger partial charge in [0.05, 0.1) is 6.61 Å². The van der Waals surface area contributed by atoms with Crippen LogP contribution in [0.5, 0.6) is 5.75 Å². The van der Waals surface area contributed by atoms with Gasteiger partial charge in [-0.3, -0.25) is 23.9 Å². The Balaban J connectivity index is 2.03. The minimum Gasteiger partial charge on any atom is -0.494 e. The molecule has 10 nitrogen and oxygen atoms in total. The van der Waals surface area contributed by atoms with Crippen molar-refractivity contribution in [3.63, 3.8) is 0 Å². The summed E-state index contributed by atoms with van der Waals surface area (Å²) in [5, 5.41) is 0. The van der Waals surface area contributed by atoms with Crippen LogP contribution in [0.4, 0.5) is 11.5 Å². The van der Waals surface area contributed by atoms with E-state index in [1.165, 1.54) is 9.47 Å². The highest BCUT2D eigenvalue weighted by Gasteiger charge is 2.24. The largest absolute Gasteiger partial charge is 0.494 e. The Hall–Kier alpha value is -3.56. The second kappa shape index (κ2) is 14.6. The number of amides is 1. The van der Waals surface area contributed by atoms with Crippen LogP contribution in [0.25, 0.3) is 0 Å². The smallest absolute Gasteiger partial charge is 0.330 e. The lowest BCUT2D eigenvalue weighted by Gasteiger charge is -2.24. The Bertz CT molecular complexity index is 1060. The number of nitrogen functional groups attached to an aromatic ring is 1. The monoisotopic (exact) mass is 488 g/mol. The molecule has 0 aliphatic rings. The van der Waals surface area contributed by atoms with Crippen LogP contribution in [0.1, 0.15) is 58.8 Å². The standard InChI is InChI=1S/C25H36N4O6/c1-3-5-10-16-28(22-23(26)29(15-6-4-2)25(33)27-24(22)32)20(30)18-35-21(31)14-11-17-34-19-12-8-7-9-13-19/h7-9,12-13H,3-6,10-11,14-18,26H2,1-2H3,(H,27,32,33). The molecule has 1 heterocycles. The van der Waals surface area contributed by atoms with Crippen molar-refractivity contribution >= 4 is 23.4 Å². The number of carbonyl (C=O) groups is 2. The first-order valence-corrected chi connectivity index (χ1v) is 12.1. The second-order valence-electron chi connectivity index (χ2n) is 8.18. The average molecular weight is 489 g/mol. The molecule has 0 aliphatic carbocycles. The maximum Gasteiger partial charge on any atom is 0.330 e. The van der Waals surface area contributed by atoms with Gasteiger partial charge >= 0.3 is 11.7 Å². The van der Waals surface area contributed by atoms with Gasteiger partial charge in [0.1, 0.15) is 11.6 Å². The van der Waals surface area contributed by atoms with E-state index in [-0.39, 0.29) is 24.5 Å². The number of hydrogen-bond donors (Lipinski definition) is 2. The highest BCUT2D eigenvalue weighted by molar-refractivity contribution is 5.97. The number of aromatic nitrogens is 2. The number of hydrogen-bond acceptors (Lipinski definition) is 7. The van der Waals surface area contributed by atoms with E-state index in [1.807, 2.05) is 44.2 Å². The number of aromatic amines is 1. The molecule has 1 aromatic carbocycles. The van der Waals surface area contributed by atoms with Crippen molar-refractivity contribution in [3.05, 3.63) is 51.2 Å². The van der Waals surface area contributed by atoms with Gasteiger partial charge in [0, 0.05) is 19.5 Å². The number of rotatable bonds is 15. The zero-order valence-corrected chi connectivity index (χ0v) is 20.6. The molecule has 10 heteroatoms. The van der Waals surface area contributed by atoms with Crippen LogP contribution in [0.3, 0.4) is 0 Å². The van der Waals surface area contributed by atoms with Crippen LogP contribution in [-0.2, 0) is 20.9 Å². The molecular formula is C25H36N4O6. The molecule has 0 atom stereocenters. The van der Waals surface area contributed by atoms with Crippen molar-refractivity contribution < 1.29 is 19.1 Å². The molecule has 0 saturated heterocycles. The van der Waals surface area contributed by atoms with Crippen molar-refractivity contribution in [1.82, 2.24) is 9.55 Å². The van der Waals surface area contributed by atoms with Crippen LogP contribution in [0.2, 0.25) is 0 Å². The van der Waals surface area contributed by atoms with E-state index < -0.39 is 29.7 Å². The maximum absolute atomic E-state index is 13.0. The molecule has 1 aromatic heterocycles. The molecule has 2 rings (SSSR count). The van der Waals surface area contributed by atoms with E-state index in [1.54, 1.807) is 0 Å². The van der Waals surface area contributed by atoms with Crippen molar-refractivity contribution in [2.75, 3.05) is 30.4 Å². The van der Waals surface area contributed by atoms with Gasteiger partial charge in [0.25, 0.3) is 11.5 Å². The van der Waals surface area contributed by atoms with E-state index in [9.17, 15) is 19.2 Å². The van der Waals surface area contributed by atoms with Gasteiger partial charge in [-0.05, 0) is 31.4 Å². The summed E-state index contributed by atoms with van der Waals surface area (Å²) in [5.41, 5.74) is 4.74. The summed E-state index contributed by atoms with van der Waals surface area (Å²) >= 11 is 0. The number of nitrogens with zero attached hydrogens (tertiary/aromatic N) is 2. The van der Waals surface area contributed by atoms with Gasteiger partial charge in [0.15, 0.2) is 12.3 Å². The summed E-state index contributed by atoms with van der Waals surface area (Å²) in [6, 6.07) is 9.24. The summed E-state index contributed by atoms with van der Waals surface area (Å²) in [7, 11) is 0. The van der Waals surface area contributed by atoms with Gasteiger partial charge in [-0.1, -0.05) is 51.3 Å². The Morgan fingerprint density at radius 3 is 2.43 bits per heavy atom. The summed E-state index contributed by atoms with van der Waals surface area (Å²) in [4.78, 5) is 53.5. The lowest BCUT2D eigenvalue weighted by molar-refractivity contribution is -0.148. The van der Waals surface area contributed by atoms with E-state index in [0.29, 0.717) is 38.2 Å². The SMILES string of the molecule is CCCCCN(C(=O)COC(=O)CCCOc1ccccc1)c1c(N)n(CCCC)c(=O)[nH]c1=O. The quantitative estimate of drug-likeness (QED) is 0.290. The highest BCUT2D eigenvalue weighted by Crippen LogP contribution is 2.19. The fourth-order valence-electron chi connectivity index (χ4n) is 3.47. The van der Waals surface area contributed by atoms with E-state index in [0.717, 1.165) is 19.3 Å². The minimum atomic E-state index is -0.741. The summed E-state index contributed by atoms with van der Waals surface area (Å²) in [6.07, 6.45) is 4.39. The molecule has 0 spiro atoms. The summed E-state index contributed by atoms with van der Waals surface area (Å²) in [5.74, 6) is -0.477. The number of nitrogens with two attached hydrogens (primary N) is 1. The molecule has 0 aliphatic heterocycles. The maximum atomic E-state index is 13.0. The summed E-state index contributed by atoms with van der Waals surface area (Å²) in [6.45, 7) is 4.33. The highest BCUT2D eigenvalue weighted by atomic mass is 16.5. The normalized spacial score (nSPS) is 10.7.